The third-order valence-electron chi connectivity index (χ3n) is 3.52. The normalized spacial score (nSPS) is 10.9. The van der Waals surface area contributed by atoms with Crippen LogP contribution in [-0.4, -0.2) is 26.3 Å². The van der Waals surface area contributed by atoms with Gasteiger partial charge in [-0.05, 0) is 50.1 Å². The number of rotatable bonds is 4. The summed E-state index contributed by atoms with van der Waals surface area (Å²) in [6.45, 7) is 0. The smallest absolute Gasteiger partial charge is 0.227 e. The molecule has 24 heavy (non-hydrogen) atoms. The molecule has 0 aliphatic carbocycles. The number of nitrogens with zero attached hydrogens (tertiary/aromatic N) is 1. The van der Waals surface area contributed by atoms with Crippen molar-refractivity contribution in [2.24, 2.45) is 0 Å². The summed E-state index contributed by atoms with van der Waals surface area (Å²) in [7, 11) is 4.67. The molecule has 6 nitrogen and oxygen atoms in total. The minimum atomic E-state index is 0.419. The minimum Gasteiger partial charge on any atom is -0.493 e. The second kappa shape index (κ2) is 6.52. The molecule has 2 aromatic carbocycles. The first-order chi connectivity index (χ1) is 11.5. The summed E-state index contributed by atoms with van der Waals surface area (Å²) in [5, 5.41) is 0. The summed E-state index contributed by atoms with van der Waals surface area (Å²) in [5.41, 5.74) is 8.49. The Morgan fingerprint density at radius 1 is 1.00 bits per heavy atom. The van der Waals surface area contributed by atoms with Crippen molar-refractivity contribution in [1.82, 2.24) is 4.98 Å². The van der Waals surface area contributed by atoms with Crippen LogP contribution in [0.3, 0.4) is 0 Å². The number of halogens is 2. The van der Waals surface area contributed by atoms with Crippen molar-refractivity contribution >= 4 is 48.6 Å². The van der Waals surface area contributed by atoms with Crippen LogP contribution in [0.1, 0.15) is 0 Å². The van der Waals surface area contributed by atoms with E-state index < -0.39 is 0 Å². The summed E-state index contributed by atoms with van der Waals surface area (Å²) < 4.78 is 23.3. The number of hydrogen-bond acceptors (Lipinski definition) is 6. The van der Waals surface area contributed by atoms with Crippen LogP contribution in [0.4, 0.5) is 5.69 Å². The molecule has 0 atom stereocenters. The summed E-state index contributed by atoms with van der Waals surface area (Å²) in [6.07, 6.45) is 0. The van der Waals surface area contributed by atoms with E-state index in [1.807, 2.05) is 0 Å². The quantitative estimate of drug-likeness (QED) is 0.575. The largest absolute Gasteiger partial charge is 0.493 e. The first-order valence-electron chi connectivity index (χ1n) is 6.84. The number of nitrogen functional groups attached to an aromatic ring is 1. The number of ether oxygens (including phenoxy) is 3. The summed E-state index contributed by atoms with van der Waals surface area (Å²) in [5.74, 6) is 1.97. The van der Waals surface area contributed by atoms with Crippen LogP contribution in [0.2, 0.25) is 0 Å². The number of anilines is 1. The van der Waals surface area contributed by atoms with Crippen LogP contribution in [0, 0.1) is 0 Å². The Balaban J connectivity index is 2.22. The van der Waals surface area contributed by atoms with E-state index in [0.29, 0.717) is 50.0 Å². The zero-order valence-electron chi connectivity index (χ0n) is 13.1. The first-order valence-corrected chi connectivity index (χ1v) is 8.43. The van der Waals surface area contributed by atoms with Gasteiger partial charge in [0.05, 0.1) is 31.5 Å². The molecule has 0 aliphatic heterocycles. The lowest BCUT2D eigenvalue weighted by Crippen LogP contribution is -1.95. The molecule has 0 aliphatic rings. The fraction of sp³-hybridized carbons (Fsp3) is 0.188. The standard InChI is InChI=1S/C16H14Br2N2O4/c1-21-10-4-7(5-11(22-2)15(10)23-3)16-20-14-9(24-16)6-8(17)13(19)12(14)18/h4-6H,19H2,1-3H3. The number of oxazole rings is 1. The zero-order chi connectivity index (χ0) is 17.4. The molecular formula is C16H14Br2N2O4. The van der Waals surface area contributed by atoms with Crippen LogP contribution in [-0.2, 0) is 0 Å². The number of nitrogens with two attached hydrogens (primary N) is 1. The van der Waals surface area contributed by atoms with Crippen molar-refractivity contribution in [3.05, 3.63) is 27.1 Å². The van der Waals surface area contributed by atoms with Gasteiger partial charge in [0.25, 0.3) is 0 Å². The van der Waals surface area contributed by atoms with Crippen LogP contribution in [0.25, 0.3) is 22.6 Å². The highest BCUT2D eigenvalue weighted by Gasteiger charge is 2.19. The maximum atomic E-state index is 5.99. The van der Waals surface area contributed by atoms with Crippen molar-refractivity contribution in [3.63, 3.8) is 0 Å². The van der Waals surface area contributed by atoms with E-state index in [-0.39, 0.29) is 0 Å². The number of benzene rings is 2. The van der Waals surface area contributed by atoms with Crippen molar-refractivity contribution in [2.75, 3.05) is 27.1 Å². The second-order valence-electron chi connectivity index (χ2n) is 4.87. The van der Waals surface area contributed by atoms with Gasteiger partial charge in [-0.3, -0.25) is 0 Å². The van der Waals surface area contributed by atoms with Gasteiger partial charge >= 0.3 is 0 Å². The van der Waals surface area contributed by atoms with Crippen LogP contribution < -0.4 is 19.9 Å². The molecule has 0 fully saturated rings. The van der Waals surface area contributed by atoms with E-state index >= 15 is 0 Å². The van der Waals surface area contributed by atoms with Crippen LogP contribution in [0.5, 0.6) is 17.2 Å². The topological polar surface area (TPSA) is 79.7 Å². The monoisotopic (exact) mass is 456 g/mol. The van der Waals surface area contributed by atoms with Crippen molar-refractivity contribution < 1.29 is 18.6 Å². The Hall–Kier alpha value is -1.93. The Kier molecular flexibility index (Phi) is 4.60. The molecule has 3 rings (SSSR count). The van der Waals surface area contributed by atoms with Crippen molar-refractivity contribution in [3.8, 4) is 28.7 Å². The molecule has 0 bridgehead atoms. The number of methoxy groups -OCH3 is 3. The van der Waals surface area contributed by atoms with Gasteiger partial charge in [-0.2, -0.15) is 0 Å². The molecule has 8 heteroatoms. The van der Waals surface area contributed by atoms with E-state index in [2.05, 4.69) is 36.8 Å². The van der Waals surface area contributed by atoms with E-state index in [1.54, 1.807) is 39.5 Å². The Morgan fingerprint density at radius 2 is 1.62 bits per heavy atom. The first kappa shape index (κ1) is 16.9. The fourth-order valence-electron chi connectivity index (χ4n) is 2.34. The highest BCUT2D eigenvalue weighted by atomic mass is 79.9. The molecule has 1 heterocycles. The second-order valence-corrected chi connectivity index (χ2v) is 6.51. The molecule has 3 aromatic rings. The fourth-order valence-corrected chi connectivity index (χ4v) is 3.51. The number of fused-ring (bicyclic) bond motifs is 1. The molecule has 0 amide bonds. The number of hydrogen-bond donors (Lipinski definition) is 1. The van der Waals surface area contributed by atoms with Gasteiger partial charge in [-0.25, -0.2) is 4.98 Å². The van der Waals surface area contributed by atoms with E-state index in [1.165, 1.54) is 0 Å². The van der Waals surface area contributed by atoms with Crippen molar-refractivity contribution in [2.45, 2.75) is 0 Å². The summed E-state index contributed by atoms with van der Waals surface area (Å²) in [4.78, 5) is 4.52. The minimum absolute atomic E-state index is 0.419. The van der Waals surface area contributed by atoms with Gasteiger partial charge < -0.3 is 24.4 Å². The molecule has 0 spiro atoms. The van der Waals surface area contributed by atoms with Gasteiger partial charge in [-0.1, -0.05) is 0 Å². The molecule has 1 aromatic heterocycles. The molecule has 2 N–H and O–H groups in total. The maximum absolute atomic E-state index is 5.99. The summed E-state index contributed by atoms with van der Waals surface area (Å²) >= 11 is 6.85. The lowest BCUT2D eigenvalue weighted by atomic mass is 10.2. The van der Waals surface area contributed by atoms with Gasteiger partial charge in [0.2, 0.25) is 11.6 Å². The zero-order valence-corrected chi connectivity index (χ0v) is 16.3. The summed E-state index contributed by atoms with van der Waals surface area (Å²) in [6, 6.07) is 5.33. The molecule has 0 radical (unpaired) electrons. The third-order valence-corrected chi connectivity index (χ3v) is 4.98. The number of aromatic nitrogens is 1. The maximum Gasteiger partial charge on any atom is 0.227 e. The Labute approximate surface area is 155 Å². The molecular weight excluding hydrogens is 444 g/mol. The van der Waals surface area contributed by atoms with Gasteiger partial charge in [-0.15, -0.1) is 0 Å². The molecule has 126 valence electrons. The average molecular weight is 458 g/mol. The van der Waals surface area contributed by atoms with E-state index in [0.717, 1.165) is 4.47 Å². The van der Waals surface area contributed by atoms with Gasteiger partial charge in [0.1, 0.15) is 5.52 Å². The Morgan fingerprint density at radius 3 is 2.17 bits per heavy atom. The molecule has 0 unspecified atom stereocenters. The predicted octanol–water partition coefficient (Wildman–Crippen LogP) is 4.63. The van der Waals surface area contributed by atoms with E-state index in [4.69, 9.17) is 24.4 Å². The highest BCUT2D eigenvalue weighted by Crippen LogP contribution is 2.43. The van der Waals surface area contributed by atoms with Gasteiger partial charge in [0.15, 0.2) is 17.1 Å². The van der Waals surface area contributed by atoms with Crippen molar-refractivity contribution in [1.29, 1.82) is 0 Å². The SMILES string of the molecule is COc1cc(-c2nc3c(Br)c(N)c(Br)cc3o2)cc(OC)c1OC. The van der Waals surface area contributed by atoms with Crippen LogP contribution in [0.15, 0.2) is 31.6 Å². The highest BCUT2D eigenvalue weighted by molar-refractivity contribution is 9.11. The predicted molar refractivity (Wildman–Crippen MR) is 98.9 cm³/mol. The van der Waals surface area contributed by atoms with E-state index in [9.17, 15) is 0 Å². The molecule has 0 saturated heterocycles. The van der Waals surface area contributed by atoms with Gasteiger partial charge in [0, 0.05) is 10.0 Å². The third kappa shape index (κ3) is 2.69. The lowest BCUT2D eigenvalue weighted by Gasteiger charge is -2.12. The lowest BCUT2D eigenvalue weighted by molar-refractivity contribution is 0.324. The average Bonchev–Trinajstić information content (AvgIpc) is 3.02. The molecule has 0 saturated carbocycles. The Bertz CT molecular complexity index is 899. The van der Waals surface area contributed by atoms with Crippen LogP contribution >= 0.6 is 31.9 Å².